The van der Waals surface area contributed by atoms with Crippen LogP contribution in [0.25, 0.3) is 11.3 Å². The largest absolute Gasteiger partial charge is 0.416 e. The molecule has 0 saturated heterocycles. The fraction of sp³-hybridized carbons (Fsp3) is 0.375. The summed E-state index contributed by atoms with van der Waals surface area (Å²) < 4.78 is 37.7. The molecule has 23 heavy (non-hydrogen) atoms. The molecule has 0 spiro atoms. The number of hydrogen-bond acceptors (Lipinski definition) is 4. The average molecular weight is 342 g/mol. The molecule has 0 fully saturated rings. The quantitative estimate of drug-likeness (QED) is 0.807. The van der Waals surface area contributed by atoms with Gasteiger partial charge in [-0.2, -0.15) is 13.2 Å². The van der Waals surface area contributed by atoms with Crippen molar-refractivity contribution in [2.75, 3.05) is 5.32 Å². The molecule has 1 atom stereocenters. The number of carbonyl (C=O) groups excluding carboxylic acids is 1. The van der Waals surface area contributed by atoms with Crippen molar-refractivity contribution >= 4 is 22.8 Å². The van der Waals surface area contributed by atoms with Crippen LogP contribution in [0.5, 0.6) is 0 Å². The minimum atomic E-state index is -4.35. The number of thiazole rings is 1. The molecule has 0 aliphatic carbocycles. The number of hydrogen-bond donors (Lipinski definition) is 1. The van der Waals surface area contributed by atoms with Crippen molar-refractivity contribution in [2.24, 2.45) is 5.41 Å². The first-order valence-electron chi connectivity index (χ1n) is 6.96. The van der Waals surface area contributed by atoms with Gasteiger partial charge in [0.05, 0.1) is 17.3 Å². The molecule has 0 radical (unpaired) electrons. The molecule has 3 nitrogen and oxygen atoms in total. The Morgan fingerprint density at radius 1 is 1.17 bits per heavy atom. The average Bonchev–Trinajstić information content (AvgIpc) is 2.91. The number of anilines is 1. The van der Waals surface area contributed by atoms with Gasteiger partial charge in [-0.15, -0.1) is 11.3 Å². The molecule has 1 N–H and O–H groups in total. The highest BCUT2D eigenvalue weighted by Gasteiger charge is 2.30. The highest BCUT2D eigenvalue weighted by molar-refractivity contribution is 7.14. The third-order valence-corrected chi connectivity index (χ3v) is 4.13. The molecule has 0 amide bonds. The second kappa shape index (κ2) is 6.31. The number of alkyl halides is 3. The molecule has 1 aromatic heterocycles. The molecule has 7 heteroatoms. The van der Waals surface area contributed by atoms with Crippen LogP contribution in [0.1, 0.15) is 26.3 Å². The Labute approximate surface area is 136 Å². The topological polar surface area (TPSA) is 42.0 Å². The van der Waals surface area contributed by atoms with Gasteiger partial charge in [-0.1, -0.05) is 32.9 Å². The lowest BCUT2D eigenvalue weighted by molar-refractivity contribution is -0.137. The van der Waals surface area contributed by atoms with Crippen molar-refractivity contribution < 1.29 is 18.0 Å². The number of aldehydes is 1. The predicted octanol–water partition coefficient (Wildman–Crippen LogP) is 4.85. The Balaban J connectivity index is 2.17. The van der Waals surface area contributed by atoms with E-state index in [2.05, 4.69) is 10.3 Å². The Kier molecular flexibility index (Phi) is 4.79. The number of carbonyl (C=O) groups is 1. The first-order chi connectivity index (χ1) is 10.6. The van der Waals surface area contributed by atoms with Gasteiger partial charge in [-0.25, -0.2) is 4.98 Å². The van der Waals surface area contributed by atoms with E-state index in [0.29, 0.717) is 16.4 Å². The van der Waals surface area contributed by atoms with Gasteiger partial charge in [-0.05, 0) is 17.5 Å². The number of nitrogens with one attached hydrogen (secondary N) is 1. The lowest BCUT2D eigenvalue weighted by atomic mass is 9.88. The van der Waals surface area contributed by atoms with Gasteiger partial charge in [0.2, 0.25) is 0 Å². The molecule has 2 aromatic rings. The minimum Gasteiger partial charge on any atom is -0.351 e. The van der Waals surface area contributed by atoms with E-state index in [-0.39, 0.29) is 5.41 Å². The minimum absolute atomic E-state index is 0.262. The van der Waals surface area contributed by atoms with Crippen LogP contribution < -0.4 is 5.32 Å². The van der Waals surface area contributed by atoms with Gasteiger partial charge < -0.3 is 10.1 Å². The molecule has 0 aliphatic rings. The fourth-order valence-electron chi connectivity index (χ4n) is 1.89. The Morgan fingerprint density at radius 3 is 2.26 bits per heavy atom. The first kappa shape index (κ1) is 17.5. The van der Waals surface area contributed by atoms with E-state index in [1.165, 1.54) is 23.5 Å². The van der Waals surface area contributed by atoms with E-state index in [4.69, 9.17) is 0 Å². The van der Waals surface area contributed by atoms with Crippen molar-refractivity contribution in [1.29, 1.82) is 0 Å². The smallest absolute Gasteiger partial charge is 0.351 e. The normalized spacial score (nSPS) is 13.7. The van der Waals surface area contributed by atoms with Gasteiger partial charge in [0.25, 0.3) is 0 Å². The van der Waals surface area contributed by atoms with Crippen LogP contribution in [0.15, 0.2) is 29.6 Å². The van der Waals surface area contributed by atoms with Crippen LogP contribution >= 0.6 is 11.3 Å². The van der Waals surface area contributed by atoms with Gasteiger partial charge in [0.15, 0.2) is 5.13 Å². The van der Waals surface area contributed by atoms with E-state index >= 15 is 0 Å². The summed E-state index contributed by atoms with van der Waals surface area (Å²) in [5.74, 6) is 0. The number of rotatable bonds is 4. The van der Waals surface area contributed by atoms with Gasteiger partial charge in [0, 0.05) is 10.9 Å². The van der Waals surface area contributed by atoms with E-state index in [0.717, 1.165) is 18.4 Å². The lowest BCUT2D eigenvalue weighted by Gasteiger charge is -2.26. The SMILES string of the molecule is CC(C)(C)C(C=O)Nc1nc(-c2ccc(C(F)(F)F)cc2)cs1. The molecule has 0 aliphatic heterocycles. The van der Waals surface area contributed by atoms with Crippen LogP contribution in [-0.4, -0.2) is 17.3 Å². The number of aromatic nitrogens is 1. The molecule has 0 bridgehead atoms. The van der Waals surface area contributed by atoms with E-state index in [1.54, 1.807) is 5.38 Å². The summed E-state index contributed by atoms with van der Waals surface area (Å²) in [5.41, 5.74) is 0.219. The lowest BCUT2D eigenvalue weighted by Crippen LogP contribution is -2.35. The maximum Gasteiger partial charge on any atom is 0.416 e. The molecular weight excluding hydrogens is 325 g/mol. The van der Waals surface area contributed by atoms with Crippen molar-refractivity contribution in [3.8, 4) is 11.3 Å². The standard InChI is InChI=1S/C16H17F3N2OS/c1-15(2,3)13(8-22)21-14-20-12(9-23-14)10-4-6-11(7-5-10)16(17,18)19/h4-9,13H,1-3H3,(H,20,21). The van der Waals surface area contributed by atoms with E-state index in [9.17, 15) is 18.0 Å². The van der Waals surface area contributed by atoms with Crippen LogP contribution in [0.4, 0.5) is 18.3 Å². The Morgan fingerprint density at radius 2 is 1.78 bits per heavy atom. The maximum absolute atomic E-state index is 12.6. The second-order valence-electron chi connectivity index (χ2n) is 6.24. The third-order valence-electron chi connectivity index (χ3n) is 3.36. The van der Waals surface area contributed by atoms with Crippen LogP contribution in [0.3, 0.4) is 0 Å². The second-order valence-corrected chi connectivity index (χ2v) is 7.10. The molecule has 1 heterocycles. The molecule has 124 valence electrons. The number of benzene rings is 1. The summed E-state index contributed by atoms with van der Waals surface area (Å²) in [6.07, 6.45) is -3.52. The maximum atomic E-state index is 12.6. The summed E-state index contributed by atoms with van der Waals surface area (Å²) in [7, 11) is 0. The summed E-state index contributed by atoms with van der Waals surface area (Å²) in [6, 6.07) is 4.45. The Bertz CT molecular complexity index is 672. The Hall–Kier alpha value is -1.89. The van der Waals surface area contributed by atoms with Crippen LogP contribution in [0, 0.1) is 5.41 Å². The monoisotopic (exact) mass is 342 g/mol. The first-order valence-corrected chi connectivity index (χ1v) is 7.84. The zero-order valence-corrected chi connectivity index (χ0v) is 13.8. The van der Waals surface area contributed by atoms with Gasteiger partial charge in [-0.3, -0.25) is 0 Å². The zero-order chi connectivity index (χ0) is 17.3. The van der Waals surface area contributed by atoms with Crippen molar-refractivity contribution in [1.82, 2.24) is 4.98 Å². The van der Waals surface area contributed by atoms with Gasteiger partial charge in [0.1, 0.15) is 6.29 Å². The third kappa shape index (κ3) is 4.31. The van der Waals surface area contributed by atoms with Crippen molar-refractivity contribution in [3.05, 3.63) is 35.2 Å². The summed E-state index contributed by atoms with van der Waals surface area (Å²) >= 11 is 1.31. The van der Waals surface area contributed by atoms with Crippen LogP contribution in [-0.2, 0) is 11.0 Å². The number of halogens is 3. The highest BCUT2D eigenvalue weighted by Crippen LogP contribution is 2.32. The summed E-state index contributed by atoms with van der Waals surface area (Å²) in [5, 5.41) is 5.36. The van der Waals surface area contributed by atoms with E-state index in [1.807, 2.05) is 20.8 Å². The molecule has 0 saturated carbocycles. The predicted molar refractivity (Wildman–Crippen MR) is 85.5 cm³/mol. The summed E-state index contributed by atoms with van der Waals surface area (Å²) in [4.78, 5) is 15.5. The zero-order valence-electron chi connectivity index (χ0n) is 12.9. The highest BCUT2D eigenvalue weighted by atomic mass is 32.1. The molecule has 1 unspecified atom stereocenters. The fourth-order valence-corrected chi connectivity index (χ4v) is 2.65. The number of nitrogens with zero attached hydrogens (tertiary/aromatic N) is 1. The summed E-state index contributed by atoms with van der Waals surface area (Å²) in [6.45, 7) is 5.80. The van der Waals surface area contributed by atoms with Crippen molar-refractivity contribution in [3.63, 3.8) is 0 Å². The molecule has 1 aromatic carbocycles. The van der Waals surface area contributed by atoms with E-state index < -0.39 is 17.8 Å². The molecular formula is C16H17F3N2OS. The van der Waals surface area contributed by atoms with Crippen LogP contribution in [0.2, 0.25) is 0 Å². The van der Waals surface area contributed by atoms with Gasteiger partial charge >= 0.3 is 6.18 Å². The molecule has 2 rings (SSSR count). The van der Waals surface area contributed by atoms with Crippen molar-refractivity contribution in [2.45, 2.75) is 33.0 Å².